The average Bonchev–Trinajstić information content (AvgIpc) is 2.80. The van der Waals surface area contributed by atoms with E-state index in [9.17, 15) is 25.2 Å². The Morgan fingerprint density at radius 1 is 1.00 bits per heavy atom. The van der Waals surface area contributed by atoms with Crippen LogP contribution in [0, 0.1) is 0 Å². The van der Waals surface area contributed by atoms with Crippen molar-refractivity contribution in [1.29, 1.82) is 0 Å². The minimum Gasteiger partial charge on any atom is -0.486 e. The van der Waals surface area contributed by atoms with Gasteiger partial charge in [0, 0.05) is 17.3 Å². The number of carbonyl (C=O) groups excluding carboxylic acids is 1. The number of amides is 1. The summed E-state index contributed by atoms with van der Waals surface area (Å²) in [5.74, 6) is 1.12. The molecule has 10 nitrogen and oxygen atoms in total. The van der Waals surface area contributed by atoms with Gasteiger partial charge in [0.25, 0.3) is 0 Å². The highest BCUT2D eigenvalue weighted by Gasteiger charge is 2.44. The Bertz CT molecular complexity index is 951. The Morgan fingerprint density at radius 2 is 1.75 bits per heavy atom. The highest BCUT2D eigenvalue weighted by Crippen LogP contribution is 2.33. The number of hydrogen-bond donors (Lipinski definition) is 5. The summed E-state index contributed by atoms with van der Waals surface area (Å²) in [6.45, 7) is 0.349. The molecule has 2 heterocycles. The second kappa shape index (κ2) is 9.72. The predicted molar refractivity (Wildman–Crippen MR) is 111 cm³/mol. The van der Waals surface area contributed by atoms with Crippen molar-refractivity contribution in [2.75, 3.05) is 25.1 Å². The molecular formula is C22H25NO9. The van der Waals surface area contributed by atoms with Gasteiger partial charge in [0.15, 0.2) is 11.5 Å². The second-order valence-corrected chi connectivity index (χ2v) is 7.51. The lowest BCUT2D eigenvalue weighted by Gasteiger charge is -2.39. The molecule has 5 unspecified atom stereocenters. The summed E-state index contributed by atoms with van der Waals surface area (Å²) in [5.41, 5.74) is 1.06. The smallest absolute Gasteiger partial charge is 0.229 e. The molecule has 5 N–H and O–H groups in total. The van der Waals surface area contributed by atoms with Gasteiger partial charge >= 0.3 is 0 Å². The van der Waals surface area contributed by atoms with Crippen LogP contribution >= 0.6 is 0 Å². The molecule has 2 aromatic rings. The summed E-state index contributed by atoms with van der Waals surface area (Å²) in [4.78, 5) is 12.6. The Balaban J connectivity index is 1.44. The fourth-order valence-electron chi connectivity index (χ4n) is 3.55. The number of aliphatic hydroxyl groups excluding tert-OH is 4. The van der Waals surface area contributed by atoms with Crippen LogP contribution in [0.25, 0.3) is 0 Å². The van der Waals surface area contributed by atoms with Gasteiger partial charge in [-0.15, -0.1) is 0 Å². The summed E-state index contributed by atoms with van der Waals surface area (Å²) in [6, 6.07) is 11.8. The minimum atomic E-state index is -1.56. The number of aliphatic hydroxyl groups is 4. The molecule has 1 amide bonds. The third-order valence-electron chi connectivity index (χ3n) is 5.24. The largest absolute Gasteiger partial charge is 0.486 e. The maximum atomic E-state index is 12.6. The Morgan fingerprint density at radius 3 is 2.53 bits per heavy atom. The molecule has 10 heteroatoms. The number of benzene rings is 2. The van der Waals surface area contributed by atoms with Gasteiger partial charge in [-0.2, -0.15) is 0 Å². The number of para-hydroxylation sites is 1. The summed E-state index contributed by atoms with van der Waals surface area (Å²) in [7, 11) is 0. The van der Waals surface area contributed by atoms with Crippen LogP contribution in [0.5, 0.6) is 17.2 Å². The van der Waals surface area contributed by atoms with Crippen molar-refractivity contribution in [3.63, 3.8) is 0 Å². The first-order chi connectivity index (χ1) is 15.5. The Labute approximate surface area is 183 Å². The maximum Gasteiger partial charge on any atom is 0.229 e. The first-order valence-corrected chi connectivity index (χ1v) is 10.2. The van der Waals surface area contributed by atoms with E-state index in [1.807, 2.05) is 0 Å². The first-order valence-electron chi connectivity index (χ1n) is 10.2. The molecule has 1 fully saturated rings. The molecule has 2 aromatic carbocycles. The van der Waals surface area contributed by atoms with Crippen molar-refractivity contribution in [3.8, 4) is 17.2 Å². The van der Waals surface area contributed by atoms with E-state index in [1.54, 1.807) is 42.5 Å². The SMILES string of the molecule is O=C(Cc1ccccc1OC1OC(CO)C(O)C(O)C1O)Nc1ccc2c(c1)OCCO2. The lowest BCUT2D eigenvalue weighted by molar-refractivity contribution is -0.277. The van der Waals surface area contributed by atoms with Crippen LogP contribution in [-0.2, 0) is 16.0 Å². The molecule has 0 bridgehead atoms. The molecule has 5 atom stereocenters. The predicted octanol–water partition coefficient (Wildman–Crippen LogP) is -0.182. The standard InChI is InChI=1S/C22H25NO9/c24-11-17-19(26)20(27)21(28)22(32-17)31-14-4-2-1-3-12(14)9-18(25)23-13-5-6-15-16(10-13)30-8-7-29-15/h1-6,10,17,19-22,24,26-28H,7-9,11H2,(H,23,25). The summed E-state index contributed by atoms with van der Waals surface area (Å²) >= 11 is 0. The van der Waals surface area contributed by atoms with Crippen molar-refractivity contribution < 1.29 is 44.2 Å². The van der Waals surface area contributed by atoms with Crippen LogP contribution in [0.15, 0.2) is 42.5 Å². The number of ether oxygens (including phenoxy) is 4. The van der Waals surface area contributed by atoms with Crippen LogP contribution in [0.3, 0.4) is 0 Å². The van der Waals surface area contributed by atoms with Gasteiger partial charge in [-0.25, -0.2) is 0 Å². The minimum absolute atomic E-state index is 0.0396. The monoisotopic (exact) mass is 447 g/mol. The molecule has 4 rings (SSSR count). The number of carbonyl (C=O) groups is 1. The summed E-state index contributed by atoms with van der Waals surface area (Å²) in [6.07, 6.45) is -7.07. The Hall–Kier alpha value is -2.89. The van der Waals surface area contributed by atoms with Crippen molar-refractivity contribution in [2.24, 2.45) is 0 Å². The van der Waals surface area contributed by atoms with E-state index in [4.69, 9.17) is 18.9 Å². The Kier molecular flexibility index (Phi) is 6.77. The molecule has 32 heavy (non-hydrogen) atoms. The van der Waals surface area contributed by atoms with Crippen molar-refractivity contribution >= 4 is 11.6 Å². The van der Waals surface area contributed by atoms with Gasteiger partial charge in [0.1, 0.15) is 43.4 Å². The van der Waals surface area contributed by atoms with Gasteiger partial charge in [-0.1, -0.05) is 18.2 Å². The summed E-state index contributed by atoms with van der Waals surface area (Å²) in [5, 5.41) is 42.2. The van der Waals surface area contributed by atoms with Crippen molar-refractivity contribution in [1.82, 2.24) is 0 Å². The van der Waals surface area contributed by atoms with Crippen LogP contribution in [0.1, 0.15) is 5.56 Å². The lowest BCUT2D eigenvalue weighted by atomic mass is 9.99. The van der Waals surface area contributed by atoms with Gasteiger partial charge < -0.3 is 44.7 Å². The fourth-order valence-corrected chi connectivity index (χ4v) is 3.55. The van der Waals surface area contributed by atoms with Gasteiger partial charge in [0.05, 0.1) is 13.0 Å². The number of anilines is 1. The lowest BCUT2D eigenvalue weighted by Crippen LogP contribution is -2.60. The third-order valence-corrected chi connectivity index (χ3v) is 5.24. The van der Waals surface area contributed by atoms with E-state index in [1.165, 1.54) is 0 Å². The normalized spacial score (nSPS) is 26.9. The van der Waals surface area contributed by atoms with E-state index >= 15 is 0 Å². The molecule has 1 saturated heterocycles. The zero-order valence-electron chi connectivity index (χ0n) is 17.1. The molecular weight excluding hydrogens is 422 g/mol. The number of rotatable bonds is 6. The topological polar surface area (TPSA) is 147 Å². The highest BCUT2D eigenvalue weighted by molar-refractivity contribution is 5.93. The van der Waals surface area contributed by atoms with Crippen molar-refractivity contribution in [2.45, 2.75) is 37.1 Å². The molecule has 0 saturated carbocycles. The number of hydrogen-bond acceptors (Lipinski definition) is 9. The highest BCUT2D eigenvalue weighted by atomic mass is 16.7. The van der Waals surface area contributed by atoms with Crippen LogP contribution in [0.4, 0.5) is 5.69 Å². The quantitative estimate of drug-likeness (QED) is 0.407. The molecule has 0 radical (unpaired) electrons. The second-order valence-electron chi connectivity index (χ2n) is 7.51. The first kappa shape index (κ1) is 22.3. The van der Waals surface area contributed by atoms with Gasteiger partial charge in [0.2, 0.25) is 12.2 Å². The third kappa shape index (κ3) is 4.79. The van der Waals surface area contributed by atoms with E-state index in [-0.39, 0.29) is 18.1 Å². The zero-order valence-corrected chi connectivity index (χ0v) is 17.1. The van der Waals surface area contributed by atoms with Crippen molar-refractivity contribution in [3.05, 3.63) is 48.0 Å². The molecule has 0 aliphatic carbocycles. The summed E-state index contributed by atoms with van der Waals surface area (Å²) < 4.78 is 22.1. The van der Waals surface area contributed by atoms with E-state index in [0.29, 0.717) is 36.0 Å². The van der Waals surface area contributed by atoms with E-state index in [2.05, 4.69) is 5.32 Å². The van der Waals surface area contributed by atoms with Crippen LogP contribution in [0.2, 0.25) is 0 Å². The van der Waals surface area contributed by atoms with E-state index < -0.39 is 37.3 Å². The van der Waals surface area contributed by atoms with Crippen LogP contribution in [-0.4, -0.2) is 76.9 Å². The van der Waals surface area contributed by atoms with Gasteiger partial charge in [-0.3, -0.25) is 4.79 Å². The molecule has 0 aromatic heterocycles. The van der Waals surface area contributed by atoms with Crippen LogP contribution < -0.4 is 19.5 Å². The number of fused-ring (bicyclic) bond motifs is 1. The molecule has 2 aliphatic heterocycles. The fraction of sp³-hybridized carbons (Fsp3) is 0.409. The molecule has 172 valence electrons. The maximum absolute atomic E-state index is 12.6. The van der Waals surface area contributed by atoms with Gasteiger partial charge in [-0.05, 0) is 18.2 Å². The molecule has 2 aliphatic rings. The zero-order chi connectivity index (χ0) is 22.7. The van der Waals surface area contributed by atoms with E-state index in [0.717, 1.165) is 0 Å². The average molecular weight is 447 g/mol. The number of nitrogens with one attached hydrogen (secondary N) is 1. The molecule has 0 spiro atoms.